The van der Waals surface area contributed by atoms with E-state index in [0.29, 0.717) is 12.8 Å². The van der Waals surface area contributed by atoms with Gasteiger partial charge in [0, 0.05) is 6.42 Å². The van der Waals surface area contributed by atoms with Crippen molar-refractivity contribution in [2.75, 3.05) is 20.8 Å². The van der Waals surface area contributed by atoms with Crippen molar-refractivity contribution in [2.24, 2.45) is 0 Å². The van der Waals surface area contributed by atoms with E-state index in [4.69, 9.17) is 0 Å². The van der Waals surface area contributed by atoms with Gasteiger partial charge in [0.2, 0.25) is 0 Å². The Hall–Kier alpha value is -1.52. The van der Waals surface area contributed by atoms with E-state index < -0.39 is 6.16 Å². The van der Waals surface area contributed by atoms with Crippen molar-refractivity contribution in [1.29, 1.82) is 0 Å². The Labute approximate surface area is 82.6 Å². The normalized spacial score (nSPS) is 9.86. The molecule has 0 aliphatic carbocycles. The Morgan fingerprint density at radius 1 is 1.14 bits per heavy atom. The van der Waals surface area contributed by atoms with Crippen LogP contribution in [-0.2, 0) is 19.0 Å². The summed E-state index contributed by atoms with van der Waals surface area (Å²) in [6.07, 6.45) is 3.55. The lowest BCUT2D eigenvalue weighted by atomic mass is 10.3. The van der Waals surface area contributed by atoms with Crippen LogP contribution in [0.25, 0.3) is 0 Å². The van der Waals surface area contributed by atoms with Gasteiger partial charge in [-0.1, -0.05) is 12.2 Å². The SMILES string of the molecule is COC(=O)CC/C=C/COC(=O)OC. The van der Waals surface area contributed by atoms with E-state index >= 15 is 0 Å². The van der Waals surface area contributed by atoms with E-state index in [-0.39, 0.29) is 12.6 Å². The number of allylic oxidation sites excluding steroid dienone is 1. The van der Waals surface area contributed by atoms with Crippen LogP contribution in [0.4, 0.5) is 4.79 Å². The molecule has 0 rings (SSSR count). The predicted molar refractivity (Wildman–Crippen MR) is 48.7 cm³/mol. The highest BCUT2D eigenvalue weighted by Crippen LogP contribution is 1.93. The molecule has 80 valence electrons. The molecular formula is C9H14O5. The average Bonchev–Trinajstić information content (AvgIpc) is 2.22. The van der Waals surface area contributed by atoms with Crippen molar-refractivity contribution in [3.63, 3.8) is 0 Å². The maximum absolute atomic E-state index is 10.6. The van der Waals surface area contributed by atoms with Gasteiger partial charge in [0.1, 0.15) is 6.61 Å². The molecule has 0 aliphatic heterocycles. The van der Waals surface area contributed by atoms with Crippen LogP contribution in [0.1, 0.15) is 12.8 Å². The van der Waals surface area contributed by atoms with Crippen molar-refractivity contribution in [3.8, 4) is 0 Å². The van der Waals surface area contributed by atoms with Gasteiger partial charge in [0.15, 0.2) is 0 Å². The van der Waals surface area contributed by atoms with Crippen molar-refractivity contribution < 1.29 is 23.8 Å². The zero-order valence-corrected chi connectivity index (χ0v) is 8.32. The van der Waals surface area contributed by atoms with Gasteiger partial charge in [0.25, 0.3) is 0 Å². The molecule has 5 nitrogen and oxygen atoms in total. The molecule has 0 heterocycles. The molecule has 0 saturated heterocycles. The summed E-state index contributed by atoms with van der Waals surface area (Å²) in [4.78, 5) is 21.1. The van der Waals surface area contributed by atoms with Crippen LogP contribution < -0.4 is 0 Å². The third-order valence-corrected chi connectivity index (χ3v) is 1.37. The predicted octanol–water partition coefficient (Wildman–Crippen LogP) is 1.28. The summed E-state index contributed by atoms with van der Waals surface area (Å²) >= 11 is 0. The van der Waals surface area contributed by atoms with Crippen LogP contribution in [0, 0.1) is 0 Å². The topological polar surface area (TPSA) is 61.8 Å². The molecule has 0 aromatic rings. The van der Waals surface area contributed by atoms with Crippen LogP contribution in [0.3, 0.4) is 0 Å². The standard InChI is InChI=1S/C9H14O5/c1-12-8(10)6-4-3-5-7-14-9(11)13-2/h3,5H,4,6-7H2,1-2H3/b5-3+. The van der Waals surface area contributed by atoms with Gasteiger partial charge in [-0.2, -0.15) is 0 Å². The Morgan fingerprint density at radius 3 is 2.43 bits per heavy atom. The molecule has 0 aliphatic rings. The van der Waals surface area contributed by atoms with Crippen molar-refractivity contribution in [2.45, 2.75) is 12.8 Å². The van der Waals surface area contributed by atoms with E-state index in [2.05, 4.69) is 14.2 Å². The first-order valence-electron chi connectivity index (χ1n) is 4.13. The van der Waals surface area contributed by atoms with E-state index in [1.807, 2.05) is 0 Å². The van der Waals surface area contributed by atoms with E-state index in [1.165, 1.54) is 14.2 Å². The maximum Gasteiger partial charge on any atom is 0.508 e. The maximum atomic E-state index is 10.6. The van der Waals surface area contributed by atoms with Crippen molar-refractivity contribution >= 4 is 12.1 Å². The van der Waals surface area contributed by atoms with E-state index in [9.17, 15) is 9.59 Å². The molecule has 0 amide bonds. The van der Waals surface area contributed by atoms with Gasteiger partial charge in [-0.15, -0.1) is 0 Å². The molecular weight excluding hydrogens is 188 g/mol. The molecule has 0 N–H and O–H groups in total. The minimum absolute atomic E-state index is 0.147. The van der Waals surface area contributed by atoms with Gasteiger partial charge in [-0.05, 0) is 6.42 Å². The number of carbonyl (C=O) groups is 2. The van der Waals surface area contributed by atoms with Crippen LogP contribution >= 0.6 is 0 Å². The summed E-state index contributed by atoms with van der Waals surface area (Å²) in [5.74, 6) is -0.261. The molecule has 0 radical (unpaired) electrons. The fraction of sp³-hybridized carbons (Fsp3) is 0.556. The number of methoxy groups -OCH3 is 2. The average molecular weight is 202 g/mol. The molecule has 0 aromatic carbocycles. The lowest BCUT2D eigenvalue weighted by molar-refractivity contribution is -0.140. The second kappa shape index (κ2) is 8.10. The highest BCUT2D eigenvalue weighted by Gasteiger charge is 1.97. The molecule has 0 aromatic heterocycles. The van der Waals surface area contributed by atoms with Crippen LogP contribution in [0.5, 0.6) is 0 Å². The summed E-state index contributed by atoms with van der Waals surface area (Å²) in [5.41, 5.74) is 0. The first kappa shape index (κ1) is 12.5. The minimum atomic E-state index is -0.720. The monoisotopic (exact) mass is 202 g/mol. The van der Waals surface area contributed by atoms with Gasteiger partial charge in [-0.25, -0.2) is 4.79 Å². The summed E-state index contributed by atoms with van der Waals surface area (Å²) in [6.45, 7) is 0.147. The highest BCUT2D eigenvalue weighted by molar-refractivity contribution is 5.69. The lowest BCUT2D eigenvalue weighted by Crippen LogP contribution is -2.03. The Balaban J connectivity index is 3.36. The van der Waals surface area contributed by atoms with Crippen molar-refractivity contribution in [1.82, 2.24) is 0 Å². The first-order valence-corrected chi connectivity index (χ1v) is 4.13. The van der Waals surface area contributed by atoms with E-state index in [1.54, 1.807) is 12.2 Å². The first-order chi connectivity index (χ1) is 6.70. The number of hydrogen-bond donors (Lipinski definition) is 0. The Kier molecular flexibility index (Phi) is 7.22. The second-order valence-electron chi connectivity index (χ2n) is 2.35. The fourth-order valence-electron chi connectivity index (χ4n) is 0.664. The molecule has 0 spiro atoms. The van der Waals surface area contributed by atoms with Crippen LogP contribution in [-0.4, -0.2) is 33.0 Å². The van der Waals surface area contributed by atoms with Crippen molar-refractivity contribution in [3.05, 3.63) is 12.2 Å². The number of carbonyl (C=O) groups excluding carboxylic acids is 2. The van der Waals surface area contributed by atoms with Crippen LogP contribution in [0.2, 0.25) is 0 Å². The fourth-order valence-corrected chi connectivity index (χ4v) is 0.664. The molecule has 0 atom stereocenters. The second-order valence-corrected chi connectivity index (χ2v) is 2.35. The number of rotatable bonds is 5. The minimum Gasteiger partial charge on any atom is -0.469 e. The van der Waals surface area contributed by atoms with Crippen LogP contribution in [0.15, 0.2) is 12.2 Å². The Bertz CT molecular complexity index is 187. The molecule has 0 unspecified atom stereocenters. The Morgan fingerprint density at radius 2 is 1.86 bits per heavy atom. The largest absolute Gasteiger partial charge is 0.508 e. The number of esters is 1. The third kappa shape index (κ3) is 7.15. The summed E-state index contributed by atoms with van der Waals surface area (Å²) in [6, 6.07) is 0. The smallest absolute Gasteiger partial charge is 0.469 e. The summed E-state index contributed by atoms with van der Waals surface area (Å²) in [7, 11) is 2.58. The molecule has 0 bridgehead atoms. The van der Waals surface area contributed by atoms with Gasteiger partial charge < -0.3 is 14.2 Å². The third-order valence-electron chi connectivity index (χ3n) is 1.37. The van der Waals surface area contributed by atoms with Gasteiger partial charge >= 0.3 is 12.1 Å². The highest BCUT2D eigenvalue weighted by atomic mass is 16.7. The molecule has 14 heavy (non-hydrogen) atoms. The summed E-state index contributed by atoms with van der Waals surface area (Å²) < 4.78 is 13.2. The van der Waals surface area contributed by atoms with E-state index in [0.717, 1.165) is 0 Å². The lowest BCUT2D eigenvalue weighted by Gasteiger charge is -1.97. The van der Waals surface area contributed by atoms with Gasteiger partial charge in [0.05, 0.1) is 14.2 Å². The quantitative estimate of drug-likeness (QED) is 0.496. The van der Waals surface area contributed by atoms with Gasteiger partial charge in [-0.3, -0.25) is 4.79 Å². The molecule has 5 heteroatoms. The number of ether oxygens (including phenoxy) is 3. The molecule has 0 saturated carbocycles. The summed E-state index contributed by atoms with van der Waals surface area (Å²) in [5, 5.41) is 0. The zero-order chi connectivity index (χ0) is 10.8. The number of hydrogen-bond acceptors (Lipinski definition) is 5. The zero-order valence-electron chi connectivity index (χ0n) is 8.32. The molecule has 0 fully saturated rings.